The number of fused-ring (bicyclic) bond motifs is 2. The van der Waals surface area contributed by atoms with E-state index in [1.54, 1.807) is 23.2 Å². The van der Waals surface area contributed by atoms with Crippen molar-refractivity contribution in [3.05, 3.63) is 46.2 Å². The number of aryl methyl sites for hydroxylation is 1. The first-order valence-corrected chi connectivity index (χ1v) is 10.5. The smallest absolute Gasteiger partial charge is 0.318 e. The summed E-state index contributed by atoms with van der Waals surface area (Å²) in [5, 5.41) is 0. The van der Waals surface area contributed by atoms with Crippen molar-refractivity contribution in [2.24, 2.45) is 13.0 Å². The van der Waals surface area contributed by atoms with Gasteiger partial charge in [-0.2, -0.15) is 13.2 Å². The molecule has 156 valence electrons. The van der Waals surface area contributed by atoms with E-state index < -0.39 is 12.1 Å². The van der Waals surface area contributed by atoms with E-state index >= 15 is 0 Å². The summed E-state index contributed by atoms with van der Waals surface area (Å²) < 4.78 is 43.5. The predicted octanol–water partition coefficient (Wildman–Crippen LogP) is 4.57. The Hall–Kier alpha value is -2.75. The van der Waals surface area contributed by atoms with Crippen LogP contribution in [0.1, 0.15) is 37.4 Å². The molecule has 1 fully saturated rings. The molecule has 0 unspecified atom stereocenters. The lowest BCUT2D eigenvalue weighted by Crippen LogP contribution is -2.31. The zero-order valence-corrected chi connectivity index (χ0v) is 16.9. The number of hydrogen-bond acceptors (Lipinski definition) is 5. The molecule has 5 rings (SSSR count). The van der Waals surface area contributed by atoms with Crippen LogP contribution in [0.3, 0.4) is 0 Å². The molecule has 0 bridgehead atoms. The van der Waals surface area contributed by atoms with E-state index in [1.807, 2.05) is 12.1 Å². The van der Waals surface area contributed by atoms with Gasteiger partial charge in [0.25, 0.3) is 5.56 Å². The third kappa shape index (κ3) is 3.10. The second kappa shape index (κ2) is 6.90. The molecule has 1 aliphatic carbocycles. The lowest BCUT2D eigenvalue weighted by molar-refractivity contribution is -0.182. The number of alkyl halides is 3. The van der Waals surface area contributed by atoms with E-state index in [4.69, 9.17) is 4.98 Å². The molecule has 0 N–H and O–H groups in total. The average Bonchev–Trinajstić information content (AvgIpc) is 3.33. The molecular formula is C20H18F3N5OS. The fourth-order valence-electron chi connectivity index (χ4n) is 4.26. The summed E-state index contributed by atoms with van der Waals surface area (Å²) in [6.07, 6.45) is -1.89. The van der Waals surface area contributed by atoms with Crippen molar-refractivity contribution in [2.45, 2.75) is 37.8 Å². The van der Waals surface area contributed by atoms with E-state index in [0.717, 1.165) is 10.2 Å². The number of rotatable bonds is 2. The summed E-state index contributed by atoms with van der Waals surface area (Å²) >= 11 is 1.46. The first-order valence-electron chi connectivity index (χ1n) is 9.67. The van der Waals surface area contributed by atoms with Crippen LogP contribution in [0.15, 0.2) is 34.8 Å². The van der Waals surface area contributed by atoms with E-state index in [0.29, 0.717) is 30.0 Å². The van der Waals surface area contributed by atoms with Gasteiger partial charge in [-0.05, 0) is 43.9 Å². The Balaban J connectivity index is 1.66. The van der Waals surface area contributed by atoms with E-state index in [9.17, 15) is 18.0 Å². The van der Waals surface area contributed by atoms with Crippen molar-refractivity contribution >= 4 is 32.7 Å². The zero-order chi connectivity index (χ0) is 21.0. The fourth-order valence-corrected chi connectivity index (χ4v) is 4.97. The van der Waals surface area contributed by atoms with Crippen LogP contribution >= 0.6 is 11.3 Å². The molecule has 0 radical (unpaired) electrons. The van der Waals surface area contributed by atoms with Crippen LogP contribution in [0.4, 0.5) is 13.2 Å². The minimum Gasteiger partial charge on any atom is -0.318 e. The van der Waals surface area contributed by atoms with Gasteiger partial charge in [0.15, 0.2) is 11.2 Å². The first kappa shape index (κ1) is 19.2. The standard InChI is InChI=1S/C20H18F3N5OS/c1-27-9-24-16-18(27)26-17(11-2-4-12(5-3-11)20(21,22)23)28(19(16)29)13-6-7-14-15(8-13)30-10-25-14/h6-12H,2-5H2,1H3. The van der Waals surface area contributed by atoms with Crippen LogP contribution in [0.2, 0.25) is 0 Å². The van der Waals surface area contributed by atoms with Crippen LogP contribution in [-0.4, -0.2) is 30.3 Å². The maximum Gasteiger partial charge on any atom is 0.391 e. The molecule has 0 aliphatic heterocycles. The van der Waals surface area contributed by atoms with Gasteiger partial charge in [-0.1, -0.05) is 0 Å². The average molecular weight is 433 g/mol. The summed E-state index contributed by atoms with van der Waals surface area (Å²) in [7, 11) is 1.75. The highest BCUT2D eigenvalue weighted by Crippen LogP contribution is 2.42. The SMILES string of the molecule is Cn1cnc2c(=O)n(-c3ccc4ncsc4c3)c(C3CCC(C(F)(F)F)CC3)nc21. The third-order valence-electron chi connectivity index (χ3n) is 5.89. The molecule has 0 atom stereocenters. The quantitative estimate of drug-likeness (QED) is 0.465. The highest BCUT2D eigenvalue weighted by atomic mass is 32.1. The fraction of sp³-hybridized carbons (Fsp3) is 0.400. The summed E-state index contributed by atoms with van der Waals surface area (Å²) in [6.45, 7) is 0. The van der Waals surface area contributed by atoms with E-state index in [2.05, 4.69) is 9.97 Å². The Morgan fingerprint density at radius 1 is 1.13 bits per heavy atom. The molecule has 10 heteroatoms. The molecule has 3 aromatic heterocycles. The largest absolute Gasteiger partial charge is 0.391 e. The Morgan fingerprint density at radius 2 is 1.90 bits per heavy atom. The van der Waals surface area contributed by atoms with Gasteiger partial charge in [-0.3, -0.25) is 9.36 Å². The number of thiazole rings is 1. The number of hydrogen-bond donors (Lipinski definition) is 0. The number of imidazole rings is 1. The van der Waals surface area contributed by atoms with Gasteiger partial charge < -0.3 is 4.57 Å². The Labute approximate surface area is 173 Å². The summed E-state index contributed by atoms with van der Waals surface area (Å²) in [4.78, 5) is 26.5. The zero-order valence-electron chi connectivity index (χ0n) is 16.1. The summed E-state index contributed by atoms with van der Waals surface area (Å²) in [5.41, 5.74) is 3.58. The molecule has 1 aromatic carbocycles. The van der Waals surface area contributed by atoms with Gasteiger partial charge in [-0.15, -0.1) is 11.3 Å². The Morgan fingerprint density at radius 3 is 2.63 bits per heavy atom. The van der Waals surface area contributed by atoms with E-state index in [1.165, 1.54) is 22.2 Å². The molecule has 4 aromatic rings. The molecule has 0 saturated heterocycles. The highest BCUT2D eigenvalue weighted by Gasteiger charge is 2.42. The number of nitrogens with zero attached hydrogens (tertiary/aromatic N) is 5. The van der Waals surface area contributed by atoms with Gasteiger partial charge in [0, 0.05) is 13.0 Å². The van der Waals surface area contributed by atoms with Crippen LogP contribution in [0.5, 0.6) is 0 Å². The number of aromatic nitrogens is 5. The van der Waals surface area contributed by atoms with Crippen molar-refractivity contribution in [1.29, 1.82) is 0 Å². The lowest BCUT2D eigenvalue weighted by Gasteiger charge is -2.30. The molecular weight excluding hydrogens is 415 g/mol. The van der Waals surface area contributed by atoms with Crippen LogP contribution < -0.4 is 5.56 Å². The van der Waals surface area contributed by atoms with Gasteiger partial charge in [-0.25, -0.2) is 15.0 Å². The number of benzene rings is 1. The van der Waals surface area contributed by atoms with Gasteiger partial charge in [0.05, 0.1) is 33.7 Å². The van der Waals surface area contributed by atoms with Crippen LogP contribution in [0.25, 0.3) is 27.1 Å². The molecule has 0 amide bonds. The Kier molecular flexibility index (Phi) is 4.42. The lowest BCUT2D eigenvalue weighted by atomic mass is 9.81. The van der Waals surface area contributed by atoms with Crippen LogP contribution in [0, 0.1) is 5.92 Å². The third-order valence-corrected chi connectivity index (χ3v) is 6.68. The second-order valence-electron chi connectivity index (χ2n) is 7.73. The van der Waals surface area contributed by atoms with Crippen molar-refractivity contribution in [1.82, 2.24) is 24.1 Å². The Bertz CT molecular complexity index is 1300. The second-order valence-corrected chi connectivity index (χ2v) is 8.62. The molecule has 1 saturated carbocycles. The highest BCUT2D eigenvalue weighted by molar-refractivity contribution is 7.16. The predicted molar refractivity (Wildman–Crippen MR) is 108 cm³/mol. The minimum atomic E-state index is -4.18. The molecule has 30 heavy (non-hydrogen) atoms. The summed E-state index contributed by atoms with van der Waals surface area (Å²) in [6, 6.07) is 5.50. The van der Waals surface area contributed by atoms with Crippen molar-refractivity contribution in [3.8, 4) is 5.69 Å². The van der Waals surface area contributed by atoms with Crippen molar-refractivity contribution in [3.63, 3.8) is 0 Å². The molecule has 1 aliphatic rings. The van der Waals surface area contributed by atoms with Gasteiger partial charge in [0.1, 0.15) is 5.82 Å². The van der Waals surface area contributed by atoms with Crippen molar-refractivity contribution < 1.29 is 13.2 Å². The molecule has 6 nitrogen and oxygen atoms in total. The van der Waals surface area contributed by atoms with Gasteiger partial charge in [0.2, 0.25) is 0 Å². The topological polar surface area (TPSA) is 65.6 Å². The molecule has 3 heterocycles. The van der Waals surface area contributed by atoms with E-state index in [-0.39, 0.29) is 29.8 Å². The normalized spacial score (nSPS) is 20.3. The maximum atomic E-state index is 13.4. The number of halogens is 3. The first-order chi connectivity index (χ1) is 14.3. The van der Waals surface area contributed by atoms with Crippen LogP contribution in [-0.2, 0) is 7.05 Å². The summed E-state index contributed by atoms with van der Waals surface area (Å²) in [5.74, 6) is -1.02. The minimum absolute atomic E-state index is 0.0430. The molecule has 0 spiro atoms. The monoisotopic (exact) mass is 433 g/mol. The van der Waals surface area contributed by atoms with Gasteiger partial charge >= 0.3 is 6.18 Å². The van der Waals surface area contributed by atoms with Crippen molar-refractivity contribution in [2.75, 3.05) is 0 Å². The maximum absolute atomic E-state index is 13.4.